The number of esters is 1. The van der Waals surface area contributed by atoms with Crippen LogP contribution >= 0.6 is 0 Å². The molecule has 0 aliphatic rings. The lowest BCUT2D eigenvalue weighted by Crippen LogP contribution is -2.01. The van der Waals surface area contributed by atoms with E-state index in [0.717, 1.165) is 16.7 Å². The Labute approximate surface area is 144 Å². The SMILES string of the molecule is COC(=O)CCc1ccc(-c2nnc(-c3ccc(C#N)cc3)o2)cc1. The summed E-state index contributed by atoms with van der Waals surface area (Å²) in [6.07, 6.45) is 0.965. The van der Waals surface area contributed by atoms with Crippen LogP contribution in [-0.4, -0.2) is 23.3 Å². The van der Waals surface area contributed by atoms with Crippen molar-refractivity contribution in [2.24, 2.45) is 0 Å². The zero-order valence-corrected chi connectivity index (χ0v) is 13.6. The maximum atomic E-state index is 11.2. The molecule has 25 heavy (non-hydrogen) atoms. The largest absolute Gasteiger partial charge is 0.469 e. The molecule has 6 nitrogen and oxygen atoms in total. The third-order valence-electron chi connectivity index (χ3n) is 3.73. The average molecular weight is 333 g/mol. The third kappa shape index (κ3) is 3.90. The summed E-state index contributed by atoms with van der Waals surface area (Å²) in [7, 11) is 1.38. The van der Waals surface area contributed by atoms with Crippen LogP contribution in [-0.2, 0) is 16.0 Å². The molecular weight excluding hydrogens is 318 g/mol. The number of hydrogen-bond donors (Lipinski definition) is 0. The maximum absolute atomic E-state index is 11.2. The van der Waals surface area contributed by atoms with Gasteiger partial charge in [0, 0.05) is 17.5 Å². The summed E-state index contributed by atoms with van der Waals surface area (Å²) in [5, 5.41) is 16.9. The molecule has 0 saturated heterocycles. The first-order valence-corrected chi connectivity index (χ1v) is 7.70. The molecule has 0 amide bonds. The molecule has 124 valence electrons. The number of aryl methyl sites for hydroxylation is 1. The fourth-order valence-corrected chi connectivity index (χ4v) is 2.31. The number of hydrogen-bond acceptors (Lipinski definition) is 6. The van der Waals surface area contributed by atoms with Gasteiger partial charge in [0.2, 0.25) is 11.8 Å². The number of carbonyl (C=O) groups excluding carboxylic acids is 1. The molecule has 0 aliphatic carbocycles. The molecule has 1 aromatic heterocycles. The Hall–Kier alpha value is -3.46. The summed E-state index contributed by atoms with van der Waals surface area (Å²) in [6.45, 7) is 0. The van der Waals surface area contributed by atoms with Gasteiger partial charge in [0.25, 0.3) is 0 Å². The number of methoxy groups -OCH3 is 1. The maximum Gasteiger partial charge on any atom is 0.305 e. The van der Waals surface area contributed by atoms with Gasteiger partial charge in [-0.2, -0.15) is 5.26 Å². The summed E-state index contributed by atoms with van der Waals surface area (Å²) >= 11 is 0. The van der Waals surface area contributed by atoms with Crippen LogP contribution in [0.1, 0.15) is 17.5 Å². The van der Waals surface area contributed by atoms with Gasteiger partial charge in [-0.25, -0.2) is 0 Å². The van der Waals surface area contributed by atoms with Gasteiger partial charge in [-0.15, -0.1) is 10.2 Å². The number of ether oxygens (including phenoxy) is 1. The van der Waals surface area contributed by atoms with Crippen molar-refractivity contribution in [2.45, 2.75) is 12.8 Å². The summed E-state index contributed by atoms with van der Waals surface area (Å²) < 4.78 is 10.3. The molecule has 0 N–H and O–H groups in total. The summed E-state index contributed by atoms with van der Waals surface area (Å²) in [6, 6.07) is 16.6. The molecule has 1 heterocycles. The van der Waals surface area contributed by atoms with Crippen LogP contribution in [0.25, 0.3) is 22.9 Å². The second-order valence-corrected chi connectivity index (χ2v) is 5.37. The van der Waals surface area contributed by atoms with Crippen molar-refractivity contribution < 1.29 is 13.9 Å². The minimum Gasteiger partial charge on any atom is -0.469 e. The Kier molecular flexibility index (Phi) is 4.86. The lowest BCUT2D eigenvalue weighted by Gasteiger charge is -2.01. The topological polar surface area (TPSA) is 89.0 Å². The second-order valence-electron chi connectivity index (χ2n) is 5.37. The monoisotopic (exact) mass is 333 g/mol. The number of carbonyl (C=O) groups is 1. The molecule has 0 radical (unpaired) electrons. The van der Waals surface area contributed by atoms with E-state index in [1.54, 1.807) is 24.3 Å². The van der Waals surface area contributed by atoms with Gasteiger partial charge in [0.1, 0.15) is 0 Å². The number of benzene rings is 2. The van der Waals surface area contributed by atoms with E-state index in [1.165, 1.54) is 7.11 Å². The van der Waals surface area contributed by atoms with E-state index < -0.39 is 0 Å². The Balaban J connectivity index is 1.73. The average Bonchev–Trinajstić information content (AvgIpc) is 3.16. The van der Waals surface area contributed by atoms with E-state index in [9.17, 15) is 4.79 Å². The third-order valence-corrected chi connectivity index (χ3v) is 3.73. The lowest BCUT2D eigenvalue weighted by molar-refractivity contribution is -0.140. The minimum atomic E-state index is -0.229. The van der Waals surface area contributed by atoms with Gasteiger partial charge in [-0.3, -0.25) is 4.79 Å². The zero-order chi connectivity index (χ0) is 17.6. The quantitative estimate of drug-likeness (QED) is 0.665. The van der Waals surface area contributed by atoms with Crippen molar-refractivity contribution in [3.05, 3.63) is 59.7 Å². The van der Waals surface area contributed by atoms with Crippen LogP contribution in [0.4, 0.5) is 0 Å². The van der Waals surface area contributed by atoms with Gasteiger partial charge in [0.05, 0.1) is 18.7 Å². The van der Waals surface area contributed by atoms with Gasteiger partial charge < -0.3 is 9.15 Å². The van der Waals surface area contributed by atoms with E-state index in [0.29, 0.717) is 30.2 Å². The first-order chi connectivity index (χ1) is 12.2. The Bertz CT molecular complexity index is 906. The van der Waals surface area contributed by atoms with Gasteiger partial charge in [-0.1, -0.05) is 12.1 Å². The zero-order valence-electron chi connectivity index (χ0n) is 13.6. The van der Waals surface area contributed by atoms with Crippen LogP contribution in [0.3, 0.4) is 0 Å². The first kappa shape index (κ1) is 16.4. The molecule has 3 rings (SSSR count). The number of nitrogens with zero attached hydrogens (tertiary/aromatic N) is 3. The van der Waals surface area contributed by atoms with E-state index in [2.05, 4.69) is 21.0 Å². The summed E-state index contributed by atoms with van der Waals surface area (Å²) in [5.41, 5.74) is 3.16. The Morgan fingerprint density at radius 2 is 1.60 bits per heavy atom. The highest BCUT2D eigenvalue weighted by molar-refractivity contribution is 5.69. The number of nitriles is 1. The normalized spacial score (nSPS) is 10.2. The standard InChI is InChI=1S/C19H15N3O3/c1-24-17(23)11-6-13-2-7-15(8-3-13)18-21-22-19(25-18)16-9-4-14(12-20)5-10-16/h2-5,7-10H,6,11H2,1H3. The highest BCUT2D eigenvalue weighted by Gasteiger charge is 2.11. The molecule has 0 unspecified atom stereocenters. The van der Waals surface area contributed by atoms with Crippen LogP contribution in [0.2, 0.25) is 0 Å². The fourth-order valence-electron chi connectivity index (χ4n) is 2.31. The lowest BCUT2D eigenvalue weighted by atomic mass is 10.1. The van der Waals surface area contributed by atoms with E-state index in [1.807, 2.05) is 24.3 Å². The number of aromatic nitrogens is 2. The van der Waals surface area contributed by atoms with Crippen molar-refractivity contribution in [2.75, 3.05) is 7.11 Å². The van der Waals surface area contributed by atoms with Crippen molar-refractivity contribution in [3.8, 4) is 29.0 Å². The molecule has 3 aromatic rings. The van der Waals surface area contributed by atoms with E-state index in [-0.39, 0.29) is 5.97 Å². The molecule has 0 atom stereocenters. The Morgan fingerprint density at radius 3 is 2.12 bits per heavy atom. The summed E-state index contributed by atoms with van der Waals surface area (Å²) in [4.78, 5) is 11.2. The van der Waals surface area contributed by atoms with E-state index in [4.69, 9.17) is 9.68 Å². The molecule has 0 saturated carbocycles. The smallest absolute Gasteiger partial charge is 0.305 e. The molecule has 2 aromatic carbocycles. The second kappa shape index (κ2) is 7.41. The highest BCUT2D eigenvalue weighted by Crippen LogP contribution is 2.24. The first-order valence-electron chi connectivity index (χ1n) is 7.70. The van der Waals surface area contributed by atoms with Crippen LogP contribution in [0.15, 0.2) is 52.9 Å². The van der Waals surface area contributed by atoms with Crippen molar-refractivity contribution in [1.82, 2.24) is 10.2 Å². The molecule has 0 spiro atoms. The molecule has 0 bridgehead atoms. The molecular formula is C19H15N3O3. The van der Waals surface area contributed by atoms with Gasteiger partial charge in [-0.05, 0) is 48.4 Å². The van der Waals surface area contributed by atoms with Crippen molar-refractivity contribution >= 4 is 5.97 Å². The Morgan fingerprint density at radius 1 is 1.04 bits per heavy atom. The fraction of sp³-hybridized carbons (Fsp3) is 0.158. The van der Waals surface area contributed by atoms with E-state index >= 15 is 0 Å². The molecule has 6 heteroatoms. The minimum absolute atomic E-state index is 0.229. The van der Waals surface area contributed by atoms with Crippen LogP contribution in [0.5, 0.6) is 0 Å². The van der Waals surface area contributed by atoms with Gasteiger partial charge >= 0.3 is 5.97 Å². The predicted molar refractivity (Wildman–Crippen MR) is 90.2 cm³/mol. The summed E-state index contributed by atoms with van der Waals surface area (Å²) in [5.74, 6) is 0.584. The molecule has 0 aliphatic heterocycles. The van der Waals surface area contributed by atoms with Crippen molar-refractivity contribution in [1.29, 1.82) is 5.26 Å². The number of rotatable bonds is 5. The van der Waals surface area contributed by atoms with Gasteiger partial charge in [0.15, 0.2) is 0 Å². The van der Waals surface area contributed by atoms with Crippen LogP contribution < -0.4 is 0 Å². The molecule has 0 fully saturated rings. The van der Waals surface area contributed by atoms with Crippen molar-refractivity contribution in [3.63, 3.8) is 0 Å². The van der Waals surface area contributed by atoms with Crippen LogP contribution in [0, 0.1) is 11.3 Å². The predicted octanol–water partition coefficient (Wildman–Crippen LogP) is 3.38. The highest BCUT2D eigenvalue weighted by atomic mass is 16.5.